The van der Waals surface area contributed by atoms with Gasteiger partial charge in [0.05, 0.1) is 19.8 Å². The fourth-order valence-corrected chi connectivity index (χ4v) is 2.52. The number of nitrogens with zero attached hydrogens (tertiary/aromatic N) is 2. The average Bonchev–Trinajstić information content (AvgIpc) is 2.46. The van der Waals surface area contributed by atoms with Crippen LogP contribution in [0.1, 0.15) is 19.3 Å². The predicted molar refractivity (Wildman–Crippen MR) is 82.2 cm³/mol. The van der Waals surface area contributed by atoms with E-state index in [9.17, 15) is 4.79 Å². The van der Waals surface area contributed by atoms with Crippen LogP contribution in [0.5, 0.6) is 0 Å². The number of nitrogens with two attached hydrogens (primary N) is 1. The van der Waals surface area contributed by atoms with E-state index in [0.717, 1.165) is 31.9 Å². The van der Waals surface area contributed by atoms with Crippen LogP contribution in [0.2, 0.25) is 0 Å². The van der Waals surface area contributed by atoms with E-state index in [1.54, 1.807) is 14.2 Å². The molecular formula is C14H28N4O3. The number of amides is 1. The molecule has 0 saturated carbocycles. The average molecular weight is 300 g/mol. The van der Waals surface area contributed by atoms with Crippen LogP contribution in [0.4, 0.5) is 0 Å². The number of guanidine groups is 1. The number of ether oxygens (including phenoxy) is 2. The van der Waals surface area contributed by atoms with Gasteiger partial charge in [-0.05, 0) is 18.8 Å². The molecule has 7 heteroatoms. The summed E-state index contributed by atoms with van der Waals surface area (Å²) in [5.41, 5.74) is 5.29. The highest BCUT2D eigenvalue weighted by atomic mass is 16.5. The lowest BCUT2D eigenvalue weighted by Crippen LogP contribution is -2.47. The van der Waals surface area contributed by atoms with Crippen LogP contribution in [0.25, 0.3) is 0 Å². The normalized spacial score (nSPS) is 19.6. The summed E-state index contributed by atoms with van der Waals surface area (Å²) in [4.78, 5) is 17.5. The van der Waals surface area contributed by atoms with E-state index >= 15 is 0 Å². The third-order valence-corrected chi connectivity index (χ3v) is 3.48. The molecule has 1 aliphatic rings. The van der Waals surface area contributed by atoms with E-state index in [1.807, 2.05) is 0 Å². The Morgan fingerprint density at radius 1 is 1.43 bits per heavy atom. The molecule has 0 aromatic rings. The summed E-state index contributed by atoms with van der Waals surface area (Å²) in [6.07, 6.45) is 2.56. The number of methoxy groups -OCH3 is 1. The standard InChI is InChI=1S/C14H28N4O3/c1-16-14(17-5-7-21-9-8-20-2)18-6-3-4-12(11-18)10-13(15)19/h12H,3-11H2,1-2H3,(H2,15,19)(H,16,17). The maximum Gasteiger partial charge on any atom is 0.217 e. The summed E-state index contributed by atoms with van der Waals surface area (Å²) in [5.74, 6) is 0.962. The van der Waals surface area contributed by atoms with Gasteiger partial charge in [-0.1, -0.05) is 0 Å². The number of hydrogen-bond donors (Lipinski definition) is 2. The van der Waals surface area contributed by atoms with Crippen LogP contribution in [-0.2, 0) is 14.3 Å². The number of likely N-dealkylation sites (tertiary alicyclic amines) is 1. The number of primary amides is 1. The zero-order chi connectivity index (χ0) is 15.5. The van der Waals surface area contributed by atoms with Crippen LogP contribution in [0, 0.1) is 5.92 Å². The van der Waals surface area contributed by atoms with Crippen molar-refractivity contribution >= 4 is 11.9 Å². The molecule has 1 heterocycles. The number of nitrogens with one attached hydrogen (secondary N) is 1. The lowest BCUT2D eigenvalue weighted by Gasteiger charge is -2.34. The first-order chi connectivity index (χ1) is 10.2. The summed E-state index contributed by atoms with van der Waals surface area (Å²) in [7, 11) is 3.42. The Morgan fingerprint density at radius 3 is 2.90 bits per heavy atom. The van der Waals surface area contributed by atoms with Gasteiger partial charge in [0.1, 0.15) is 0 Å². The molecule has 0 aromatic carbocycles. The summed E-state index contributed by atoms with van der Waals surface area (Å²) in [6, 6.07) is 0. The molecule has 1 aliphatic heterocycles. The second-order valence-corrected chi connectivity index (χ2v) is 5.20. The Hall–Kier alpha value is -1.34. The molecule has 1 fully saturated rings. The number of carbonyl (C=O) groups excluding carboxylic acids is 1. The van der Waals surface area contributed by atoms with Gasteiger partial charge >= 0.3 is 0 Å². The Bertz CT molecular complexity index is 336. The third-order valence-electron chi connectivity index (χ3n) is 3.48. The first-order valence-corrected chi connectivity index (χ1v) is 7.48. The van der Waals surface area contributed by atoms with Crippen molar-refractivity contribution in [2.24, 2.45) is 16.6 Å². The molecule has 0 aromatic heterocycles. The molecule has 0 spiro atoms. The lowest BCUT2D eigenvalue weighted by atomic mass is 9.95. The lowest BCUT2D eigenvalue weighted by molar-refractivity contribution is -0.119. The molecule has 21 heavy (non-hydrogen) atoms. The summed E-state index contributed by atoms with van der Waals surface area (Å²) < 4.78 is 10.3. The Kier molecular flexibility index (Phi) is 8.77. The molecule has 1 rings (SSSR count). The number of carbonyl (C=O) groups is 1. The van der Waals surface area contributed by atoms with E-state index in [-0.39, 0.29) is 5.91 Å². The first-order valence-electron chi connectivity index (χ1n) is 7.48. The molecule has 3 N–H and O–H groups in total. The monoisotopic (exact) mass is 300 g/mol. The Balaban J connectivity index is 2.29. The van der Waals surface area contributed by atoms with Gasteiger partial charge in [-0.3, -0.25) is 9.79 Å². The first kappa shape index (κ1) is 17.7. The zero-order valence-corrected chi connectivity index (χ0v) is 13.1. The van der Waals surface area contributed by atoms with Gasteiger partial charge in [0.2, 0.25) is 5.91 Å². The molecule has 1 amide bonds. The minimum atomic E-state index is -0.226. The second kappa shape index (κ2) is 10.4. The molecule has 122 valence electrons. The fraction of sp³-hybridized carbons (Fsp3) is 0.857. The number of aliphatic imine (C=N–C) groups is 1. The molecule has 1 unspecified atom stereocenters. The number of hydrogen-bond acceptors (Lipinski definition) is 4. The van der Waals surface area contributed by atoms with Crippen LogP contribution in [0.15, 0.2) is 4.99 Å². The molecule has 7 nitrogen and oxygen atoms in total. The molecular weight excluding hydrogens is 272 g/mol. The molecule has 0 bridgehead atoms. The van der Waals surface area contributed by atoms with Crippen molar-refractivity contribution in [3.63, 3.8) is 0 Å². The van der Waals surface area contributed by atoms with Gasteiger partial charge in [0, 0.05) is 40.2 Å². The highest BCUT2D eigenvalue weighted by Gasteiger charge is 2.23. The summed E-state index contributed by atoms with van der Waals surface area (Å²) in [6.45, 7) is 4.30. The fourth-order valence-electron chi connectivity index (χ4n) is 2.52. The van der Waals surface area contributed by atoms with Crippen molar-refractivity contribution in [1.82, 2.24) is 10.2 Å². The molecule has 0 radical (unpaired) electrons. The van der Waals surface area contributed by atoms with Crippen molar-refractivity contribution in [2.75, 3.05) is 53.6 Å². The summed E-state index contributed by atoms with van der Waals surface area (Å²) >= 11 is 0. The van der Waals surface area contributed by atoms with Gasteiger partial charge < -0.3 is 25.4 Å². The molecule has 1 saturated heterocycles. The second-order valence-electron chi connectivity index (χ2n) is 5.20. The topological polar surface area (TPSA) is 89.2 Å². The predicted octanol–water partition coefficient (Wildman–Crippen LogP) is -0.188. The van der Waals surface area contributed by atoms with E-state index in [1.165, 1.54) is 0 Å². The minimum Gasteiger partial charge on any atom is -0.382 e. The van der Waals surface area contributed by atoms with Crippen molar-refractivity contribution in [1.29, 1.82) is 0 Å². The third kappa shape index (κ3) is 7.29. The van der Waals surface area contributed by atoms with Crippen molar-refractivity contribution in [3.05, 3.63) is 0 Å². The van der Waals surface area contributed by atoms with Crippen LogP contribution >= 0.6 is 0 Å². The molecule has 1 atom stereocenters. The van der Waals surface area contributed by atoms with Gasteiger partial charge in [-0.25, -0.2) is 0 Å². The van der Waals surface area contributed by atoms with E-state index in [2.05, 4.69) is 15.2 Å². The number of piperidine rings is 1. The van der Waals surface area contributed by atoms with Crippen molar-refractivity contribution in [2.45, 2.75) is 19.3 Å². The van der Waals surface area contributed by atoms with E-state index in [4.69, 9.17) is 15.2 Å². The van der Waals surface area contributed by atoms with Gasteiger partial charge in [0.25, 0.3) is 0 Å². The maximum absolute atomic E-state index is 11.0. The Morgan fingerprint density at radius 2 is 2.24 bits per heavy atom. The quantitative estimate of drug-likeness (QED) is 0.368. The highest BCUT2D eigenvalue weighted by Crippen LogP contribution is 2.19. The highest BCUT2D eigenvalue weighted by molar-refractivity contribution is 5.80. The summed E-state index contributed by atoms with van der Waals surface area (Å²) in [5, 5.41) is 3.28. The van der Waals surface area contributed by atoms with Crippen molar-refractivity contribution in [3.8, 4) is 0 Å². The zero-order valence-electron chi connectivity index (χ0n) is 13.1. The van der Waals surface area contributed by atoms with Crippen molar-refractivity contribution < 1.29 is 14.3 Å². The van der Waals surface area contributed by atoms with Gasteiger partial charge in [0.15, 0.2) is 5.96 Å². The van der Waals surface area contributed by atoms with Gasteiger partial charge in [-0.2, -0.15) is 0 Å². The van der Waals surface area contributed by atoms with Crippen LogP contribution in [0.3, 0.4) is 0 Å². The van der Waals surface area contributed by atoms with Gasteiger partial charge in [-0.15, -0.1) is 0 Å². The number of rotatable bonds is 8. The Labute approximate surface area is 126 Å². The smallest absolute Gasteiger partial charge is 0.217 e. The van der Waals surface area contributed by atoms with E-state index < -0.39 is 0 Å². The maximum atomic E-state index is 11.0. The van der Waals surface area contributed by atoms with Crippen LogP contribution in [-0.4, -0.2) is 70.4 Å². The van der Waals surface area contributed by atoms with Crippen LogP contribution < -0.4 is 11.1 Å². The minimum absolute atomic E-state index is 0.226. The largest absolute Gasteiger partial charge is 0.382 e. The molecule has 0 aliphatic carbocycles. The van der Waals surface area contributed by atoms with E-state index in [0.29, 0.717) is 38.7 Å². The SMILES string of the molecule is CN=C(NCCOCCOC)N1CCCC(CC(N)=O)C1.